The number of benzene rings is 1. The minimum Gasteiger partial charge on any atom is -0.489 e. The Balaban J connectivity index is 1.85. The highest BCUT2D eigenvalue weighted by Crippen LogP contribution is 2.28. The van der Waals surface area contributed by atoms with Gasteiger partial charge < -0.3 is 15.2 Å². The number of carboxylic acids is 1. The number of anilines is 1. The van der Waals surface area contributed by atoms with Gasteiger partial charge in [-0.25, -0.2) is 9.97 Å². The summed E-state index contributed by atoms with van der Waals surface area (Å²) in [5.41, 5.74) is 3.66. The average molecular weight is 474 g/mol. The summed E-state index contributed by atoms with van der Waals surface area (Å²) in [6.07, 6.45) is 3.93. The van der Waals surface area contributed by atoms with E-state index in [-0.39, 0.29) is 12.5 Å². The molecule has 178 valence electrons. The Bertz CT molecular complexity index is 1110. The van der Waals surface area contributed by atoms with E-state index >= 15 is 0 Å². The van der Waals surface area contributed by atoms with Gasteiger partial charge in [-0.05, 0) is 50.8 Å². The van der Waals surface area contributed by atoms with Crippen LogP contribution in [0.1, 0.15) is 63.5 Å². The molecular formula is C24H32ClN5O3. The van der Waals surface area contributed by atoms with E-state index < -0.39 is 5.97 Å². The van der Waals surface area contributed by atoms with Crippen LogP contribution in [-0.4, -0.2) is 36.9 Å². The van der Waals surface area contributed by atoms with Crippen LogP contribution < -0.4 is 10.1 Å². The van der Waals surface area contributed by atoms with Gasteiger partial charge in [-0.3, -0.25) is 9.48 Å². The van der Waals surface area contributed by atoms with Gasteiger partial charge in [0.2, 0.25) is 0 Å². The highest BCUT2D eigenvalue weighted by atomic mass is 35.5. The topological polar surface area (TPSA) is 102 Å². The first-order valence-corrected chi connectivity index (χ1v) is 11.8. The number of carboxylic acid groups (broad SMARTS) is 1. The molecule has 2 aromatic heterocycles. The molecule has 3 aromatic rings. The van der Waals surface area contributed by atoms with E-state index in [9.17, 15) is 4.79 Å². The molecule has 0 spiro atoms. The molecular weight excluding hydrogens is 442 g/mol. The van der Waals surface area contributed by atoms with Crippen molar-refractivity contribution < 1.29 is 14.6 Å². The van der Waals surface area contributed by atoms with E-state index in [1.54, 1.807) is 0 Å². The van der Waals surface area contributed by atoms with E-state index in [2.05, 4.69) is 17.3 Å². The zero-order valence-electron chi connectivity index (χ0n) is 19.7. The van der Waals surface area contributed by atoms with Gasteiger partial charge in [0.15, 0.2) is 5.82 Å². The molecule has 0 radical (unpaired) electrons. The van der Waals surface area contributed by atoms with E-state index in [1.165, 1.54) is 0 Å². The first kappa shape index (κ1) is 24.8. The third-order valence-electron chi connectivity index (χ3n) is 5.14. The van der Waals surface area contributed by atoms with Crippen molar-refractivity contribution in [2.75, 3.05) is 5.32 Å². The lowest BCUT2D eigenvalue weighted by Gasteiger charge is -2.13. The Labute approximate surface area is 199 Å². The maximum Gasteiger partial charge on any atom is 0.303 e. The second-order valence-electron chi connectivity index (χ2n) is 8.39. The summed E-state index contributed by atoms with van der Waals surface area (Å²) >= 11 is 6.40. The van der Waals surface area contributed by atoms with Crippen molar-refractivity contribution in [3.05, 3.63) is 40.3 Å². The van der Waals surface area contributed by atoms with E-state index in [4.69, 9.17) is 31.4 Å². The van der Waals surface area contributed by atoms with E-state index in [1.807, 2.05) is 43.8 Å². The molecule has 0 saturated heterocycles. The van der Waals surface area contributed by atoms with Crippen LogP contribution in [0.3, 0.4) is 0 Å². The zero-order valence-corrected chi connectivity index (χ0v) is 20.4. The number of halogens is 1. The van der Waals surface area contributed by atoms with Crippen LogP contribution in [0.2, 0.25) is 5.02 Å². The number of hydrogen-bond acceptors (Lipinski definition) is 6. The van der Waals surface area contributed by atoms with E-state index in [0.717, 1.165) is 35.1 Å². The molecule has 0 aliphatic rings. The van der Waals surface area contributed by atoms with Gasteiger partial charge >= 0.3 is 5.97 Å². The maximum atomic E-state index is 10.8. The highest BCUT2D eigenvalue weighted by Gasteiger charge is 2.17. The largest absolute Gasteiger partial charge is 0.489 e. The van der Waals surface area contributed by atoms with Crippen molar-refractivity contribution in [1.29, 1.82) is 0 Å². The number of rotatable bonds is 12. The third-order valence-corrected chi connectivity index (χ3v) is 5.44. The molecule has 2 heterocycles. The average Bonchev–Trinajstić information content (AvgIpc) is 3.06. The summed E-state index contributed by atoms with van der Waals surface area (Å²) in [7, 11) is 1.90. The van der Waals surface area contributed by atoms with Crippen LogP contribution in [0.4, 0.5) is 5.82 Å². The van der Waals surface area contributed by atoms with Gasteiger partial charge in [-0.1, -0.05) is 31.0 Å². The van der Waals surface area contributed by atoms with Crippen LogP contribution in [0.5, 0.6) is 5.75 Å². The van der Waals surface area contributed by atoms with Crippen molar-refractivity contribution >= 4 is 34.4 Å². The Morgan fingerprint density at radius 1 is 1.24 bits per heavy atom. The summed E-state index contributed by atoms with van der Waals surface area (Å²) in [6, 6.07) is 5.75. The number of hydrogen-bond donors (Lipinski definition) is 2. The number of ether oxygens (including phenoxy) is 1. The highest BCUT2D eigenvalue weighted by molar-refractivity contribution is 6.32. The number of aliphatic carboxylic acids is 1. The van der Waals surface area contributed by atoms with Crippen molar-refractivity contribution in [1.82, 2.24) is 19.7 Å². The van der Waals surface area contributed by atoms with Gasteiger partial charge in [0.05, 0.1) is 16.8 Å². The molecule has 0 fully saturated rings. The number of aromatic nitrogens is 4. The van der Waals surface area contributed by atoms with Crippen molar-refractivity contribution in [2.45, 2.75) is 71.9 Å². The molecule has 0 unspecified atom stereocenters. The molecule has 9 heteroatoms. The summed E-state index contributed by atoms with van der Waals surface area (Å²) in [5.74, 6) is 1.29. The minimum atomic E-state index is -0.783. The number of carbonyl (C=O) groups is 1. The molecule has 0 aliphatic heterocycles. The van der Waals surface area contributed by atoms with Crippen LogP contribution in [0, 0.1) is 0 Å². The quantitative estimate of drug-likeness (QED) is 0.350. The van der Waals surface area contributed by atoms with Gasteiger partial charge in [-0.2, -0.15) is 5.10 Å². The predicted octanol–water partition coefficient (Wildman–Crippen LogP) is 5.17. The summed E-state index contributed by atoms with van der Waals surface area (Å²) in [6.45, 7) is 6.57. The summed E-state index contributed by atoms with van der Waals surface area (Å²) < 4.78 is 7.54. The number of nitrogens with one attached hydrogen (secondary N) is 1. The normalized spacial score (nSPS) is 11.3. The number of fused-ring (bicyclic) bond motifs is 1. The van der Waals surface area contributed by atoms with Gasteiger partial charge in [0.25, 0.3) is 0 Å². The summed E-state index contributed by atoms with van der Waals surface area (Å²) in [5, 5.41) is 17.6. The molecule has 0 bridgehead atoms. The third kappa shape index (κ3) is 6.57. The molecule has 1 aromatic carbocycles. The lowest BCUT2D eigenvalue weighted by Crippen LogP contribution is -2.08. The lowest BCUT2D eigenvalue weighted by atomic mass is 10.1. The molecule has 8 nitrogen and oxygen atoms in total. The van der Waals surface area contributed by atoms with Crippen LogP contribution in [0.25, 0.3) is 11.0 Å². The smallest absolute Gasteiger partial charge is 0.303 e. The lowest BCUT2D eigenvalue weighted by molar-refractivity contribution is -0.137. The first-order valence-electron chi connectivity index (χ1n) is 11.4. The monoisotopic (exact) mass is 473 g/mol. The summed E-state index contributed by atoms with van der Waals surface area (Å²) in [4.78, 5) is 20.3. The standard InChI is InChI=1S/C24H32ClN5O3/c1-5-8-18-22-23(30(4)29-18)24(28-20(27-22)9-6-7-10-21(31)32)26-14-16-11-12-19(17(25)13-16)33-15(2)3/h11-13,15H,5-10,14H2,1-4H3,(H,31,32)(H,26,27,28). The first-order chi connectivity index (χ1) is 15.8. The fourth-order valence-electron chi connectivity index (χ4n) is 3.68. The molecule has 33 heavy (non-hydrogen) atoms. The van der Waals surface area contributed by atoms with Crippen molar-refractivity contribution in [2.24, 2.45) is 7.05 Å². The van der Waals surface area contributed by atoms with E-state index in [0.29, 0.717) is 48.2 Å². The maximum absolute atomic E-state index is 10.8. The Kier molecular flexibility index (Phi) is 8.49. The van der Waals surface area contributed by atoms with Crippen LogP contribution in [0.15, 0.2) is 18.2 Å². The molecule has 0 aliphatic carbocycles. The fraction of sp³-hybridized carbons (Fsp3) is 0.500. The zero-order chi connectivity index (χ0) is 24.0. The second-order valence-corrected chi connectivity index (χ2v) is 8.80. The van der Waals surface area contributed by atoms with Crippen molar-refractivity contribution in [3.63, 3.8) is 0 Å². The Hall–Kier alpha value is -2.87. The van der Waals surface area contributed by atoms with Crippen LogP contribution in [-0.2, 0) is 31.2 Å². The van der Waals surface area contributed by atoms with Crippen molar-refractivity contribution in [3.8, 4) is 5.75 Å². The second kappa shape index (κ2) is 11.3. The Morgan fingerprint density at radius 2 is 2.03 bits per heavy atom. The van der Waals surface area contributed by atoms with Gasteiger partial charge in [0.1, 0.15) is 22.6 Å². The van der Waals surface area contributed by atoms with Gasteiger partial charge in [0, 0.05) is 26.4 Å². The number of nitrogens with zero attached hydrogens (tertiary/aromatic N) is 4. The predicted molar refractivity (Wildman–Crippen MR) is 130 cm³/mol. The molecule has 3 rings (SSSR count). The molecule has 2 N–H and O–H groups in total. The molecule has 0 atom stereocenters. The molecule has 0 amide bonds. The molecule has 0 saturated carbocycles. The number of aryl methyl sites for hydroxylation is 3. The minimum absolute atomic E-state index is 0.0526. The van der Waals surface area contributed by atoms with Gasteiger partial charge in [-0.15, -0.1) is 0 Å². The fourth-order valence-corrected chi connectivity index (χ4v) is 3.92. The number of unbranched alkanes of at least 4 members (excludes halogenated alkanes) is 1. The Morgan fingerprint density at radius 3 is 2.70 bits per heavy atom. The SMILES string of the molecule is CCCc1nn(C)c2c(NCc3ccc(OC(C)C)c(Cl)c3)nc(CCCCC(=O)O)nc12. The van der Waals surface area contributed by atoms with Crippen LogP contribution >= 0.6 is 11.6 Å².